The Hall–Kier alpha value is -1.69. The van der Waals surface area contributed by atoms with Crippen LogP contribution in [0.5, 0.6) is 5.75 Å². The van der Waals surface area contributed by atoms with Crippen LogP contribution in [-0.4, -0.2) is 42.8 Å². The molecule has 0 aromatic heterocycles. The minimum absolute atomic E-state index is 0.586. The van der Waals surface area contributed by atoms with Crippen LogP contribution < -0.4 is 15.0 Å². The van der Waals surface area contributed by atoms with Crippen molar-refractivity contribution in [2.45, 2.75) is 13.5 Å². The van der Waals surface area contributed by atoms with Crippen molar-refractivity contribution < 1.29 is 4.74 Å². The Morgan fingerprint density at radius 3 is 2.56 bits per heavy atom. The van der Waals surface area contributed by atoms with E-state index in [1.54, 1.807) is 6.07 Å². The lowest BCUT2D eigenvalue weighted by atomic mass is 10.2. The van der Waals surface area contributed by atoms with Gasteiger partial charge in [0.05, 0.1) is 12.3 Å². The van der Waals surface area contributed by atoms with Crippen molar-refractivity contribution in [2.24, 2.45) is 0 Å². The number of benzene rings is 2. The lowest BCUT2D eigenvalue weighted by Crippen LogP contribution is -2.51. The second kappa shape index (κ2) is 9.49. The van der Waals surface area contributed by atoms with Gasteiger partial charge in [-0.3, -0.25) is 0 Å². The van der Waals surface area contributed by atoms with Gasteiger partial charge in [0.25, 0.3) is 0 Å². The SMILES string of the molecule is CCOc1ccccc1N1CCN(C(=S)NCc2ccc(Cl)cc2Cl)CC1. The van der Waals surface area contributed by atoms with Crippen LogP contribution in [0.25, 0.3) is 0 Å². The molecule has 1 heterocycles. The number of ether oxygens (including phenoxy) is 1. The first kappa shape index (κ1) is 20.1. The lowest BCUT2D eigenvalue weighted by Gasteiger charge is -2.38. The lowest BCUT2D eigenvalue weighted by molar-refractivity contribution is 0.336. The van der Waals surface area contributed by atoms with E-state index in [0.29, 0.717) is 23.2 Å². The summed E-state index contributed by atoms with van der Waals surface area (Å²) < 4.78 is 5.76. The summed E-state index contributed by atoms with van der Waals surface area (Å²) in [7, 11) is 0. The average Bonchev–Trinajstić information content (AvgIpc) is 2.68. The first-order chi connectivity index (χ1) is 13.1. The van der Waals surface area contributed by atoms with E-state index in [0.717, 1.165) is 48.3 Å². The third kappa shape index (κ3) is 5.18. The number of piperazine rings is 1. The zero-order valence-corrected chi connectivity index (χ0v) is 17.6. The summed E-state index contributed by atoms with van der Waals surface area (Å²) in [5.41, 5.74) is 2.12. The molecule has 0 aliphatic carbocycles. The van der Waals surface area contributed by atoms with Crippen molar-refractivity contribution in [1.82, 2.24) is 10.2 Å². The van der Waals surface area contributed by atoms with Gasteiger partial charge in [0.2, 0.25) is 0 Å². The molecule has 0 atom stereocenters. The molecular weight excluding hydrogens is 401 g/mol. The van der Waals surface area contributed by atoms with Gasteiger partial charge in [-0.1, -0.05) is 41.4 Å². The fourth-order valence-corrected chi connectivity index (χ4v) is 3.82. The van der Waals surface area contributed by atoms with E-state index in [-0.39, 0.29) is 0 Å². The molecule has 0 unspecified atom stereocenters. The van der Waals surface area contributed by atoms with Crippen molar-refractivity contribution >= 4 is 46.2 Å². The monoisotopic (exact) mass is 423 g/mol. The van der Waals surface area contributed by atoms with Crippen LogP contribution in [0.4, 0.5) is 5.69 Å². The summed E-state index contributed by atoms with van der Waals surface area (Å²) >= 11 is 17.7. The van der Waals surface area contributed by atoms with Crippen molar-refractivity contribution in [1.29, 1.82) is 0 Å². The summed E-state index contributed by atoms with van der Waals surface area (Å²) in [5, 5.41) is 5.33. The smallest absolute Gasteiger partial charge is 0.169 e. The molecule has 0 amide bonds. The van der Waals surface area contributed by atoms with Crippen LogP contribution in [0, 0.1) is 0 Å². The molecular formula is C20H23Cl2N3OS. The Bertz CT molecular complexity index is 795. The number of nitrogens with zero attached hydrogens (tertiary/aromatic N) is 2. The standard InChI is InChI=1S/C20H23Cl2N3OS/c1-2-26-19-6-4-3-5-18(19)24-9-11-25(12-10-24)20(27)23-14-15-7-8-16(21)13-17(15)22/h3-8,13H,2,9-12,14H2,1H3,(H,23,27). The van der Waals surface area contributed by atoms with Gasteiger partial charge in [0, 0.05) is 42.8 Å². The number of hydrogen-bond acceptors (Lipinski definition) is 3. The Balaban J connectivity index is 1.53. The second-order valence-electron chi connectivity index (χ2n) is 6.27. The predicted octanol–water partition coefficient (Wildman–Crippen LogP) is 4.59. The number of nitrogens with one attached hydrogen (secondary N) is 1. The zero-order chi connectivity index (χ0) is 19.2. The minimum atomic E-state index is 0.586. The molecule has 0 saturated carbocycles. The molecule has 1 saturated heterocycles. The highest BCUT2D eigenvalue weighted by Gasteiger charge is 2.21. The molecule has 144 valence electrons. The van der Waals surface area contributed by atoms with Crippen LogP contribution in [0.3, 0.4) is 0 Å². The largest absolute Gasteiger partial charge is 0.492 e. The normalized spacial score (nSPS) is 14.2. The number of para-hydroxylation sites is 2. The molecule has 0 radical (unpaired) electrons. The van der Waals surface area contributed by atoms with Gasteiger partial charge < -0.3 is 19.9 Å². The quantitative estimate of drug-likeness (QED) is 0.709. The van der Waals surface area contributed by atoms with Crippen molar-refractivity contribution in [3.05, 3.63) is 58.1 Å². The molecule has 3 rings (SSSR count). The van der Waals surface area contributed by atoms with Gasteiger partial charge in [0.1, 0.15) is 5.75 Å². The average molecular weight is 424 g/mol. The van der Waals surface area contributed by atoms with Gasteiger partial charge in [-0.2, -0.15) is 0 Å². The predicted molar refractivity (Wildman–Crippen MR) is 117 cm³/mol. The maximum atomic E-state index is 6.23. The van der Waals surface area contributed by atoms with Crippen molar-refractivity contribution in [3.8, 4) is 5.75 Å². The van der Waals surface area contributed by atoms with Gasteiger partial charge in [-0.15, -0.1) is 0 Å². The third-order valence-corrected chi connectivity index (χ3v) is 5.51. The topological polar surface area (TPSA) is 27.7 Å². The van der Waals surface area contributed by atoms with E-state index in [9.17, 15) is 0 Å². The van der Waals surface area contributed by atoms with Crippen LogP contribution in [0.1, 0.15) is 12.5 Å². The highest BCUT2D eigenvalue weighted by molar-refractivity contribution is 7.80. The molecule has 1 fully saturated rings. The molecule has 1 aliphatic rings. The van der Waals surface area contributed by atoms with Crippen LogP contribution in [-0.2, 0) is 6.54 Å². The molecule has 2 aromatic rings. The molecule has 0 spiro atoms. The Morgan fingerprint density at radius 1 is 1.11 bits per heavy atom. The summed E-state index contributed by atoms with van der Waals surface area (Å²) in [6.45, 7) is 6.77. The van der Waals surface area contributed by atoms with Crippen LogP contribution in [0.2, 0.25) is 10.0 Å². The van der Waals surface area contributed by atoms with Gasteiger partial charge in [-0.05, 0) is 49.0 Å². The Morgan fingerprint density at radius 2 is 1.85 bits per heavy atom. The van der Waals surface area contributed by atoms with Crippen molar-refractivity contribution in [3.63, 3.8) is 0 Å². The Kier molecular flexibility index (Phi) is 7.05. The van der Waals surface area contributed by atoms with E-state index in [1.807, 2.05) is 37.3 Å². The van der Waals surface area contributed by atoms with Gasteiger partial charge in [-0.25, -0.2) is 0 Å². The highest BCUT2D eigenvalue weighted by Crippen LogP contribution is 2.28. The highest BCUT2D eigenvalue weighted by atomic mass is 35.5. The number of rotatable bonds is 5. The summed E-state index contributed by atoms with van der Waals surface area (Å²) in [5.74, 6) is 0.937. The third-order valence-electron chi connectivity index (χ3n) is 4.52. The molecule has 1 aliphatic heterocycles. The Labute approximate surface area is 176 Å². The number of halogens is 2. The first-order valence-corrected chi connectivity index (χ1v) is 10.2. The molecule has 4 nitrogen and oxygen atoms in total. The molecule has 1 N–H and O–H groups in total. The van der Waals surface area contributed by atoms with Gasteiger partial charge >= 0.3 is 0 Å². The fraction of sp³-hybridized carbons (Fsp3) is 0.350. The van der Waals surface area contributed by atoms with Gasteiger partial charge in [0.15, 0.2) is 5.11 Å². The second-order valence-corrected chi connectivity index (χ2v) is 7.50. The number of hydrogen-bond donors (Lipinski definition) is 1. The molecule has 27 heavy (non-hydrogen) atoms. The maximum Gasteiger partial charge on any atom is 0.169 e. The maximum absolute atomic E-state index is 6.23. The summed E-state index contributed by atoms with van der Waals surface area (Å²) in [4.78, 5) is 4.54. The minimum Gasteiger partial charge on any atom is -0.492 e. The molecule has 2 aromatic carbocycles. The number of thiocarbonyl (C=S) groups is 1. The number of anilines is 1. The molecule has 7 heteroatoms. The van der Waals surface area contributed by atoms with Crippen molar-refractivity contribution in [2.75, 3.05) is 37.7 Å². The summed E-state index contributed by atoms with van der Waals surface area (Å²) in [6, 6.07) is 13.7. The summed E-state index contributed by atoms with van der Waals surface area (Å²) in [6.07, 6.45) is 0. The molecule has 0 bridgehead atoms. The first-order valence-electron chi connectivity index (χ1n) is 9.02. The van der Waals surface area contributed by atoms with E-state index < -0.39 is 0 Å². The van der Waals surface area contributed by atoms with Crippen LogP contribution >= 0.6 is 35.4 Å². The van der Waals surface area contributed by atoms with E-state index in [4.69, 9.17) is 40.2 Å². The van der Waals surface area contributed by atoms with E-state index in [1.165, 1.54) is 0 Å². The zero-order valence-electron chi connectivity index (χ0n) is 15.3. The van der Waals surface area contributed by atoms with E-state index in [2.05, 4.69) is 21.2 Å². The fourth-order valence-electron chi connectivity index (χ4n) is 3.09. The van der Waals surface area contributed by atoms with E-state index >= 15 is 0 Å². The van der Waals surface area contributed by atoms with Crippen LogP contribution in [0.15, 0.2) is 42.5 Å².